The highest BCUT2D eigenvalue weighted by molar-refractivity contribution is 6.02. The zero-order valence-electron chi connectivity index (χ0n) is 18.3. The Bertz CT molecular complexity index is 1450. The molecule has 1 atom stereocenters. The van der Waals surface area contributed by atoms with Gasteiger partial charge in [0.05, 0.1) is 34.6 Å². The highest BCUT2D eigenvalue weighted by atomic mass is 16.5. The van der Waals surface area contributed by atoms with Crippen LogP contribution in [0.3, 0.4) is 0 Å². The van der Waals surface area contributed by atoms with Gasteiger partial charge < -0.3 is 15.0 Å². The fourth-order valence-corrected chi connectivity index (χ4v) is 3.55. The van der Waals surface area contributed by atoms with Crippen LogP contribution in [-0.2, 0) is 4.79 Å². The average molecular weight is 454 g/mol. The lowest BCUT2D eigenvalue weighted by atomic mass is 10.2. The second-order valence-electron chi connectivity index (χ2n) is 7.60. The van der Waals surface area contributed by atoms with Gasteiger partial charge in [0.1, 0.15) is 18.4 Å². The summed E-state index contributed by atoms with van der Waals surface area (Å²) in [6.07, 6.45) is 0. The largest absolute Gasteiger partial charge is 0.489 e. The standard InChI is InChI=1S/C24H18N6O4/c1-14-9-20(31)22(28-30(14)17-6-3-15(11-25)4-7-17)23(32)27-18-13-34-21-10-16(12-26)5-8-19(21)29(2)24(18)33/h3-10,18H,13H2,1-2H3,(H,27,32)/t18-/m0/s1. The van der Waals surface area contributed by atoms with Crippen molar-refractivity contribution >= 4 is 17.5 Å². The van der Waals surface area contributed by atoms with Gasteiger partial charge in [-0.2, -0.15) is 15.6 Å². The number of carbonyl (C=O) groups excluding carboxylic acids is 2. The predicted octanol–water partition coefficient (Wildman–Crippen LogP) is 1.44. The average Bonchev–Trinajstić information content (AvgIpc) is 2.96. The van der Waals surface area contributed by atoms with E-state index in [0.29, 0.717) is 33.9 Å². The Morgan fingerprint density at radius 1 is 1.09 bits per heavy atom. The molecule has 0 bridgehead atoms. The topological polar surface area (TPSA) is 141 Å². The fourth-order valence-electron chi connectivity index (χ4n) is 3.55. The molecule has 4 rings (SSSR count). The molecule has 0 fully saturated rings. The number of rotatable bonds is 3. The number of amides is 2. The summed E-state index contributed by atoms with van der Waals surface area (Å²) in [5, 5.41) is 24.8. The summed E-state index contributed by atoms with van der Waals surface area (Å²) in [4.78, 5) is 39.8. The lowest BCUT2D eigenvalue weighted by Crippen LogP contribution is -2.50. The molecule has 168 valence electrons. The van der Waals surface area contributed by atoms with Crippen molar-refractivity contribution in [2.24, 2.45) is 0 Å². The smallest absolute Gasteiger partial charge is 0.276 e. The molecule has 10 heteroatoms. The maximum absolute atomic E-state index is 13.0. The van der Waals surface area contributed by atoms with Crippen molar-refractivity contribution in [2.45, 2.75) is 13.0 Å². The first kappa shape index (κ1) is 22.2. The van der Waals surface area contributed by atoms with Gasteiger partial charge in [-0.3, -0.25) is 14.4 Å². The molecule has 3 aromatic rings. The van der Waals surface area contributed by atoms with Gasteiger partial charge in [-0.15, -0.1) is 0 Å². The van der Waals surface area contributed by atoms with Crippen molar-refractivity contribution in [3.63, 3.8) is 0 Å². The van der Waals surface area contributed by atoms with Crippen LogP contribution in [0.1, 0.15) is 27.3 Å². The van der Waals surface area contributed by atoms with Crippen LogP contribution in [0.15, 0.2) is 53.3 Å². The van der Waals surface area contributed by atoms with Gasteiger partial charge in [0.15, 0.2) is 5.69 Å². The van der Waals surface area contributed by atoms with E-state index in [2.05, 4.69) is 10.4 Å². The molecule has 2 heterocycles. The van der Waals surface area contributed by atoms with Gasteiger partial charge in [-0.1, -0.05) is 0 Å². The highest BCUT2D eigenvalue weighted by Crippen LogP contribution is 2.31. The van der Waals surface area contributed by atoms with Gasteiger partial charge in [-0.05, 0) is 43.3 Å². The number of ether oxygens (including phenoxy) is 1. The molecule has 10 nitrogen and oxygen atoms in total. The van der Waals surface area contributed by atoms with Crippen LogP contribution in [0.4, 0.5) is 5.69 Å². The van der Waals surface area contributed by atoms with Crippen LogP contribution in [0.2, 0.25) is 0 Å². The monoisotopic (exact) mass is 454 g/mol. The van der Waals surface area contributed by atoms with Crippen LogP contribution >= 0.6 is 0 Å². The fraction of sp³-hybridized carbons (Fsp3) is 0.167. The molecule has 0 radical (unpaired) electrons. The van der Waals surface area contributed by atoms with Crippen LogP contribution in [-0.4, -0.2) is 41.3 Å². The summed E-state index contributed by atoms with van der Waals surface area (Å²) in [5.41, 5.74) is 1.34. The predicted molar refractivity (Wildman–Crippen MR) is 121 cm³/mol. The van der Waals surface area contributed by atoms with E-state index in [9.17, 15) is 14.4 Å². The number of nitriles is 2. The highest BCUT2D eigenvalue weighted by Gasteiger charge is 2.32. The van der Waals surface area contributed by atoms with Gasteiger partial charge >= 0.3 is 0 Å². The second-order valence-corrected chi connectivity index (χ2v) is 7.60. The number of hydrogen-bond donors (Lipinski definition) is 1. The Hall–Kier alpha value is -4.96. The van der Waals surface area contributed by atoms with Gasteiger partial charge in [0.2, 0.25) is 5.43 Å². The summed E-state index contributed by atoms with van der Waals surface area (Å²) in [6, 6.07) is 15.4. The Labute approximate surface area is 194 Å². The van der Waals surface area contributed by atoms with E-state index in [0.717, 1.165) is 0 Å². The minimum Gasteiger partial charge on any atom is -0.489 e. The zero-order chi connectivity index (χ0) is 24.4. The molecule has 0 saturated heterocycles. The Balaban J connectivity index is 1.61. The quantitative estimate of drug-likeness (QED) is 0.631. The maximum Gasteiger partial charge on any atom is 0.276 e. The number of nitrogens with one attached hydrogen (secondary N) is 1. The number of nitrogens with zero attached hydrogens (tertiary/aromatic N) is 5. The molecule has 1 aliphatic heterocycles. The molecule has 2 amide bonds. The number of fused-ring (bicyclic) bond motifs is 1. The van der Waals surface area contributed by atoms with E-state index in [-0.39, 0.29) is 12.3 Å². The molecular formula is C24H18N6O4. The molecule has 0 saturated carbocycles. The lowest BCUT2D eigenvalue weighted by Gasteiger charge is -2.20. The molecule has 34 heavy (non-hydrogen) atoms. The number of likely N-dealkylation sites (N-methyl/N-ethyl adjacent to an activating group) is 1. The first-order valence-electron chi connectivity index (χ1n) is 10.2. The lowest BCUT2D eigenvalue weighted by molar-refractivity contribution is -0.120. The minimum absolute atomic E-state index is 0.188. The van der Waals surface area contributed by atoms with Crippen LogP contribution in [0.25, 0.3) is 5.69 Å². The number of aromatic nitrogens is 2. The van der Waals surface area contributed by atoms with Gasteiger partial charge in [0, 0.05) is 24.9 Å². The van der Waals surface area contributed by atoms with Gasteiger partial charge in [0.25, 0.3) is 11.8 Å². The summed E-state index contributed by atoms with van der Waals surface area (Å²) in [5.74, 6) is -0.939. The van der Waals surface area contributed by atoms with Gasteiger partial charge in [-0.25, -0.2) is 4.68 Å². The third-order valence-electron chi connectivity index (χ3n) is 5.35. The van der Waals surface area contributed by atoms with E-state index >= 15 is 0 Å². The molecule has 0 aliphatic carbocycles. The van der Waals surface area contributed by atoms with E-state index < -0.39 is 23.3 Å². The first-order valence-corrected chi connectivity index (χ1v) is 10.2. The van der Waals surface area contributed by atoms with Crippen LogP contribution in [0.5, 0.6) is 5.75 Å². The van der Waals surface area contributed by atoms with Crippen molar-refractivity contribution < 1.29 is 14.3 Å². The van der Waals surface area contributed by atoms with Crippen molar-refractivity contribution in [1.29, 1.82) is 10.5 Å². The van der Waals surface area contributed by atoms with Crippen LogP contribution in [0, 0.1) is 29.6 Å². The molecule has 0 unspecified atom stereocenters. The van der Waals surface area contributed by atoms with Crippen molar-refractivity contribution in [1.82, 2.24) is 15.1 Å². The number of aryl methyl sites for hydroxylation is 1. The first-order chi connectivity index (χ1) is 16.3. The number of benzene rings is 2. The second kappa shape index (κ2) is 8.88. The number of carbonyl (C=O) groups is 2. The van der Waals surface area contributed by atoms with E-state index in [1.807, 2.05) is 12.1 Å². The normalized spacial score (nSPS) is 14.8. The third kappa shape index (κ3) is 4.08. The van der Waals surface area contributed by atoms with Crippen molar-refractivity contribution in [3.05, 3.63) is 81.3 Å². The zero-order valence-corrected chi connectivity index (χ0v) is 18.3. The number of anilines is 1. The Morgan fingerprint density at radius 2 is 1.76 bits per heavy atom. The van der Waals surface area contributed by atoms with E-state index in [1.165, 1.54) is 28.8 Å². The van der Waals surface area contributed by atoms with E-state index in [4.69, 9.17) is 15.3 Å². The Kier molecular flexibility index (Phi) is 5.81. The molecule has 1 aliphatic rings. The summed E-state index contributed by atoms with van der Waals surface area (Å²) >= 11 is 0. The SMILES string of the molecule is Cc1cc(=O)c(C(=O)N[C@H]2COc3cc(C#N)ccc3N(C)C2=O)nn1-c1ccc(C#N)cc1. The number of hydrogen-bond acceptors (Lipinski definition) is 7. The molecule has 2 aromatic carbocycles. The van der Waals surface area contributed by atoms with Crippen LogP contribution < -0.4 is 20.4 Å². The molecule has 1 N–H and O–H groups in total. The summed E-state index contributed by atoms with van der Waals surface area (Å²) in [7, 11) is 1.53. The minimum atomic E-state index is -1.08. The third-order valence-corrected chi connectivity index (χ3v) is 5.35. The van der Waals surface area contributed by atoms with Crippen molar-refractivity contribution in [3.8, 4) is 23.6 Å². The molecular weight excluding hydrogens is 436 g/mol. The molecule has 1 aromatic heterocycles. The maximum atomic E-state index is 13.0. The molecule has 0 spiro atoms. The Morgan fingerprint density at radius 3 is 2.44 bits per heavy atom. The summed E-state index contributed by atoms with van der Waals surface area (Å²) < 4.78 is 7.10. The van der Waals surface area contributed by atoms with E-state index in [1.54, 1.807) is 43.3 Å². The van der Waals surface area contributed by atoms with Crippen molar-refractivity contribution in [2.75, 3.05) is 18.6 Å². The summed E-state index contributed by atoms with van der Waals surface area (Å²) in [6.45, 7) is 1.48.